The zero-order valence-electron chi connectivity index (χ0n) is 15.4. The maximum absolute atomic E-state index is 2.35. The standard InChI is InChI=1S/C24H23.Zr/c1-16-22(24(2,3)4)15-20-10-7-11-21(23(16)20)19-13-12-17-8-5-6-9-18(17)14-19;/h5-15H,1-4H3;. The van der Waals surface area contributed by atoms with E-state index in [1.54, 1.807) is 30.3 Å². The van der Waals surface area contributed by atoms with Gasteiger partial charge in [0, 0.05) is 0 Å². The molecule has 1 atom stereocenters. The van der Waals surface area contributed by atoms with Crippen LogP contribution < -0.4 is 0 Å². The van der Waals surface area contributed by atoms with Gasteiger partial charge in [0.05, 0.1) is 0 Å². The van der Waals surface area contributed by atoms with Crippen LogP contribution in [0.3, 0.4) is 0 Å². The SMILES string of the molecule is CC1=C(C(C)(C)C)[CH]([Zr])c2cccc(-c3ccc4ccccc4c3)c21. The summed E-state index contributed by atoms with van der Waals surface area (Å²) in [6, 6.07) is 22.3. The Bertz CT molecular complexity index is 1000. The molecule has 0 fully saturated rings. The zero-order valence-corrected chi connectivity index (χ0v) is 17.8. The Morgan fingerprint density at radius 1 is 0.840 bits per heavy atom. The van der Waals surface area contributed by atoms with Crippen LogP contribution in [-0.2, 0) is 24.7 Å². The third-order valence-corrected chi connectivity index (χ3v) is 6.82. The maximum atomic E-state index is 2.35. The molecule has 1 unspecified atom stereocenters. The van der Waals surface area contributed by atoms with Crippen molar-refractivity contribution >= 4 is 16.3 Å². The van der Waals surface area contributed by atoms with Gasteiger partial charge in [-0.15, -0.1) is 0 Å². The second-order valence-electron chi connectivity index (χ2n) is 8.05. The minimum absolute atomic E-state index is 0.220. The molecule has 0 saturated heterocycles. The molecule has 3 aromatic rings. The summed E-state index contributed by atoms with van der Waals surface area (Å²) in [5, 5.41) is 2.62. The van der Waals surface area contributed by atoms with E-state index in [1.165, 1.54) is 38.6 Å². The Labute approximate surface area is 165 Å². The predicted molar refractivity (Wildman–Crippen MR) is 104 cm³/mol. The second kappa shape index (κ2) is 6.06. The summed E-state index contributed by atoms with van der Waals surface area (Å²) in [4.78, 5) is 0. The van der Waals surface area contributed by atoms with E-state index in [2.05, 4.69) is 88.4 Å². The van der Waals surface area contributed by atoms with Gasteiger partial charge in [-0.1, -0.05) is 0 Å². The molecule has 1 aliphatic carbocycles. The predicted octanol–water partition coefficient (Wildman–Crippen LogP) is 6.93. The van der Waals surface area contributed by atoms with Crippen molar-refractivity contribution in [2.45, 2.75) is 31.3 Å². The minimum atomic E-state index is 0.220. The molecule has 1 heteroatoms. The monoisotopic (exact) mass is 401 g/mol. The normalized spacial score (nSPS) is 17.2. The first-order valence-electron chi connectivity index (χ1n) is 8.93. The number of rotatable bonds is 1. The molecule has 0 amide bonds. The van der Waals surface area contributed by atoms with Gasteiger partial charge >= 0.3 is 166 Å². The molecule has 0 N–H and O–H groups in total. The fourth-order valence-electron chi connectivity index (χ4n) is 4.33. The first-order chi connectivity index (χ1) is 11.9. The van der Waals surface area contributed by atoms with Gasteiger partial charge in [-0.2, -0.15) is 0 Å². The molecule has 0 bridgehead atoms. The van der Waals surface area contributed by atoms with Crippen molar-refractivity contribution in [2.24, 2.45) is 5.41 Å². The molecule has 0 radical (unpaired) electrons. The Balaban J connectivity index is 1.96. The molecule has 0 nitrogen and oxygen atoms in total. The van der Waals surface area contributed by atoms with Gasteiger partial charge in [0.15, 0.2) is 0 Å². The van der Waals surface area contributed by atoms with Crippen LogP contribution in [0.1, 0.15) is 42.4 Å². The van der Waals surface area contributed by atoms with Gasteiger partial charge in [0.25, 0.3) is 0 Å². The summed E-state index contributed by atoms with van der Waals surface area (Å²) < 4.78 is 0.586. The summed E-state index contributed by atoms with van der Waals surface area (Å²) in [6.45, 7) is 9.38. The van der Waals surface area contributed by atoms with Gasteiger partial charge in [0.2, 0.25) is 0 Å². The number of hydrogen-bond acceptors (Lipinski definition) is 0. The van der Waals surface area contributed by atoms with E-state index in [-0.39, 0.29) is 5.41 Å². The summed E-state index contributed by atoms with van der Waals surface area (Å²) in [6.07, 6.45) is 0. The van der Waals surface area contributed by atoms with Crippen LogP contribution in [-0.4, -0.2) is 0 Å². The molecule has 0 saturated carbocycles. The van der Waals surface area contributed by atoms with Gasteiger partial charge in [-0.05, 0) is 0 Å². The van der Waals surface area contributed by atoms with Crippen LogP contribution >= 0.6 is 0 Å². The van der Waals surface area contributed by atoms with Crippen LogP contribution in [0.5, 0.6) is 0 Å². The molecule has 0 heterocycles. The van der Waals surface area contributed by atoms with Crippen molar-refractivity contribution in [1.82, 2.24) is 0 Å². The van der Waals surface area contributed by atoms with E-state index in [4.69, 9.17) is 0 Å². The van der Waals surface area contributed by atoms with Crippen molar-refractivity contribution in [3.8, 4) is 11.1 Å². The second-order valence-corrected chi connectivity index (χ2v) is 9.47. The van der Waals surface area contributed by atoms with Crippen LogP contribution in [0.4, 0.5) is 0 Å². The number of fused-ring (bicyclic) bond motifs is 2. The molecule has 1 aliphatic rings. The Morgan fingerprint density at radius 3 is 2.28 bits per heavy atom. The van der Waals surface area contributed by atoms with E-state index >= 15 is 0 Å². The van der Waals surface area contributed by atoms with E-state index in [0.717, 1.165) is 0 Å². The Hall–Kier alpha value is -1.46. The fraction of sp³-hybridized carbons (Fsp3) is 0.250. The molecular weight excluding hydrogens is 379 g/mol. The summed E-state index contributed by atoms with van der Waals surface area (Å²) in [7, 11) is 0. The Kier molecular flexibility index (Phi) is 4.12. The molecule has 4 rings (SSSR count). The zero-order chi connectivity index (χ0) is 17.8. The number of hydrogen-bond donors (Lipinski definition) is 0. The molecule has 0 spiro atoms. The fourth-order valence-corrected chi connectivity index (χ4v) is 6.52. The Morgan fingerprint density at radius 2 is 1.56 bits per heavy atom. The quantitative estimate of drug-likeness (QED) is 0.414. The van der Waals surface area contributed by atoms with Crippen LogP contribution in [0, 0.1) is 5.41 Å². The van der Waals surface area contributed by atoms with E-state index < -0.39 is 0 Å². The van der Waals surface area contributed by atoms with Gasteiger partial charge in [-0.25, -0.2) is 0 Å². The van der Waals surface area contributed by atoms with Crippen molar-refractivity contribution in [2.75, 3.05) is 0 Å². The molecular formula is C24H23Zr. The molecule has 25 heavy (non-hydrogen) atoms. The first kappa shape index (κ1) is 17.0. The van der Waals surface area contributed by atoms with Crippen LogP contribution in [0.15, 0.2) is 66.2 Å². The third-order valence-electron chi connectivity index (χ3n) is 5.34. The summed E-state index contributed by atoms with van der Waals surface area (Å²) in [5.41, 5.74) is 9.04. The average Bonchev–Trinajstić information content (AvgIpc) is 2.85. The van der Waals surface area contributed by atoms with E-state index in [9.17, 15) is 0 Å². The summed E-state index contributed by atoms with van der Waals surface area (Å²) >= 11 is 1.59. The molecule has 0 aromatic heterocycles. The molecule has 0 aliphatic heterocycles. The number of allylic oxidation sites excluding steroid dienone is 2. The van der Waals surface area contributed by atoms with Crippen molar-refractivity contribution in [3.05, 3.63) is 77.4 Å². The van der Waals surface area contributed by atoms with Crippen molar-refractivity contribution < 1.29 is 24.7 Å². The average molecular weight is 403 g/mol. The topological polar surface area (TPSA) is 0 Å². The van der Waals surface area contributed by atoms with Gasteiger partial charge in [-0.3, -0.25) is 0 Å². The van der Waals surface area contributed by atoms with Crippen LogP contribution in [0.25, 0.3) is 27.5 Å². The van der Waals surface area contributed by atoms with Crippen molar-refractivity contribution in [3.63, 3.8) is 0 Å². The number of benzene rings is 3. The van der Waals surface area contributed by atoms with Crippen LogP contribution in [0.2, 0.25) is 0 Å². The molecule has 123 valence electrons. The van der Waals surface area contributed by atoms with E-state index in [0.29, 0.717) is 3.63 Å². The van der Waals surface area contributed by atoms with Gasteiger partial charge in [0.1, 0.15) is 0 Å². The van der Waals surface area contributed by atoms with Crippen molar-refractivity contribution in [1.29, 1.82) is 0 Å². The van der Waals surface area contributed by atoms with E-state index in [1.807, 2.05) is 0 Å². The van der Waals surface area contributed by atoms with Gasteiger partial charge < -0.3 is 0 Å². The third kappa shape index (κ3) is 2.78. The summed E-state index contributed by atoms with van der Waals surface area (Å²) in [5.74, 6) is 0. The first-order valence-corrected chi connectivity index (χ1v) is 10.3. The molecule has 3 aromatic carbocycles.